The summed E-state index contributed by atoms with van der Waals surface area (Å²) < 4.78 is 5.23. The Labute approximate surface area is 109 Å². The van der Waals surface area contributed by atoms with E-state index in [-0.39, 0.29) is 11.9 Å². The lowest BCUT2D eigenvalue weighted by molar-refractivity contribution is -0.122. The van der Waals surface area contributed by atoms with Gasteiger partial charge in [0.2, 0.25) is 5.91 Å². The van der Waals surface area contributed by atoms with Gasteiger partial charge in [-0.15, -0.1) is 0 Å². The molecule has 0 aromatic carbocycles. The van der Waals surface area contributed by atoms with E-state index in [4.69, 9.17) is 4.42 Å². The maximum Gasteiger partial charge on any atom is 0.236 e. The van der Waals surface area contributed by atoms with Crippen LogP contribution in [-0.4, -0.2) is 25.0 Å². The Morgan fingerprint density at radius 3 is 2.89 bits per heavy atom. The number of hydrogen-bond donors (Lipinski definition) is 2. The molecule has 0 radical (unpaired) electrons. The van der Waals surface area contributed by atoms with Gasteiger partial charge in [-0.3, -0.25) is 4.79 Å². The predicted octanol–water partition coefficient (Wildman–Crippen LogP) is 2.11. The summed E-state index contributed by atoms with van der Waals surface area (Å²) >= 11 is 0. The number of rotatable bonds is 9. The zero-order valence-electron chi connectivity index (χ0n) is 11.4. The minimum absolute atomic E-state index is 0.0746. The Kier molecular flexibility index (Phi) is 7.18. The average molecular weight is 252 g/mol. The molecule has 0 fully saturated rings. The van der Waals surface area contributed by atoms with Crippen LogP contribution < -0.4 is 10.6 Å². The van der Waals surface area contributed by atoms with Gasteiger partial charge in [0, 0.05) is 19.5 Å². The summed E-state index contributed by atoms with van der Waals surface area (Å²) in [6.07, 6.45) is 5.87. The van der Waals surface area contributed by atoms with E-state index in [9.17, 15) is 4.79 Å². The first-order valence-corrected chi connectivity index (χ1v) is 6.77. The van der Waals surface area contributed by atoms with Crippen LogP contribution in [0.15, 0.2) is 22.8 Å². The van der Waals surface area contributed by atoms with Crippen LogP contribution in [-0.2, 0) is 11.2 Å². The van der Waals surface area contributed by atoms with Gasteiger partial charge in [-0.05, 0) is 25.5 Å². The Morgan fingerprint density at radius 1 is 1.39 bits per heavy atom. The predicted molar refractivity (Wildman–Crippen MR) is 72.4 cm³/mol. The molecule has 18 heavy (non-hydrogen) atoms. The summed E-state index contributed by atoms with van der Waals surface area (Å²) in [7, 11) is 0. The third-order valence-electron chi connectivity index (χ3n) is 2.87. The van der Waals surface area contributed by atoms with Crippen molar-refractivity contribution in [2.24, 2.45) is 0 Å². The molecule has 0 spiro atoms. The number of carbonyl (C=O) groups is 1. The van der Waals surface area contributed by atoms with E-state index in [1.54, 1.807) is 6.26 Å². The van der Waals surface area contributed by atoms with Crippen molar-refractivity contribution in [1.82, 2.24) is 10.6 Å². The van der Waals surface area contributed by atoms with Crippen molar-refractivity contribution in [1.29, 1.82) is 0 Å². The fraction of sp³-hybridized carbons (Fsp3) is 0.643. The lowest BCUT2D eigenvalue weighted by Gasteiger charge is -2.13. The molecule has 0 bridgehead atoms. The maximum atomic E-state index is 11.7. The third kappa shape index (κ3) is 5.87. The van der Waals surface area contributed by atoms with Gasteiger partial charge in [0.05, 0.1) is 12.3 Å². The van der Waals surface area contributed by atoms with Gasteiger partial charge < -0.3 is 15.1 Å². The van der Waals surface area contributed by atoms with E-state index >= 15 is 0 Å². The molecule has 0 aliphatic heterocycles. The van der Waals surface area contributed by atoms with Crippen LogP contribution >= 0.6 is 0 Å². The van der Waals surface area contributed by atoms with Crippen molar-refractivity contribution in [3.05, 3.63) is 24.2 Å². The highest BCUT2D eigenvalue weighted by atomic mass is 16.3. The standard InChI is InChI=1S/C14H24N2O2/c1-3-4-5-9-16-14(17)12(2)15-10-8-13-7-6-11-18-13/h6-7,11-12,15H,3-5,8-10H2,1-2H3,(H,16,17). The molecule has 1 rings (SSSR count). The Morgan fingerprint density at radius 2 is 2.22 bits per heavy atom. The molecule has 1 aromatic heterocycles. The summed E-state index contributed by atoms with van der Waals surface area (Å²) in [6.45, 7) is 5.56. The zero-order valence-corrected chi connectivity index (χ0v) is 11.4. The number of unbranched alkanes of at least 4 members (excludes halogenated alkanes) is 2. The lowest BCUT2D eigenvalue weighted by Crippen LogP contribution is -2.43. The number of furan rings is 1. The Hall–Kier alpha value is -1.29. The minimum atomic E-state index is -0.151. The van der Waals surface area contributed by atoms with Gasteiger partial charge in [0.25, 0.3) is 0 Å². The van der Waals surface area contributed by atoms with E-state index in [1.165, 1.54) is 12.8 Å². The Balaban J connectivity index is 2.08. The molecule has 1 aromatic rings. The summed E-state index contributed by atoms with van der Waals surface area (Å²) in [4.78, 5) is 11.7. The molecule has 0 saturated carbocycles. The van der Waals surface area contributed by atoms with Crippen molar-refractivity contribution in [3.8, 4) is 0 Å². The third-order valence-corrected chi connectivity index (χ3v) is 2.87. The highest BCUT2D eigenvalue weighted by Gasteiger charge is 2.10. The fourth-order valence-corrected chi connectivity index (χ4v) is 1.70. The van der Waals surface area contributed by atoms with E-state index < -0.39 is 0 Å². The highest BCUT2D eigenvalue weighted by molar-refractivity contribution is 5.81. The largest absolute Gasteiger partial charge is 0.469 e. The summed E-state index contributed by atoms with van der Waals surface area (Å²) in [5.74, 6) is 1.02. The van der Waals surface area contributed by atoms with E-state index in [1.807, 2.05) is 19.1 Å². The van der Waals surface area contributed by atoms with Crippen molar-refractivity contribution < 1.29 is 9.21 Å². The quantitative estimate of drug-likeness (QED) is 0.662. The lowest BCUT2D eigenvalue weighted by atomic mass is 10.2. The highest BCUT2D eigenvalue weighted by Crippen LogP contribution is 1.99. The monoisotopic (exact) mass is 252 g/mol. The SMILES string of the molecule is CCCCCNC(=O)C(C)NCCc1ccco1. The first-order chi connectivity index (χ1) is 8.74. The smallest absolute Gasteiger partial charge is 0.236 e. The minimum Gasteiger partial charge on any atom is -0.469 e. The maximum absolute atomic E-state index is 11.7. The van der Waals surface area contributed by atoms with Crippen LogP contribution in [0.25, 0.3) is 0 Å². The van der Waals surface area contributed by atoms with Crippen LogP contribution in [0.3, 0.4) is 0 Å². The van der Waals surface area contributed by atoms with Gasteiger partial charge in [-0.1, -0.05) is 19.8 Å². The molecular weight excluding hydrogens is 228 g/mol. The summed E-state index contributed by atoms with van der Waals surface area (Å²) in [6, 6.07) is 3.66. The summed E-state index contributed by atoms with van der Waals surface area (Å²) in [5.41, 5.74) is 0. The molecule has 4 nitrogen and oxygen atoms in total. The molecule has 0 aliphatic rings. The van der Waals surface area contributed by atoms with Crippen molar-refractivity contribution >= 4 is 5.91 Å². The first-order valence-electron chi connectivity index (χ1n) is 6.77. The molecule has 102 valence electrons. The average Bonchev–Trinajstić information content (AvgIpc) is 2.87. The molecule has 2 N–H and O–H groups in total. The molecular formula is C14H24N2O2. The van der Waals surface area contributed by atoms with Gasteiger partial charge in [0.1, 0.15) is 5.76 Å². The normalized spacial score (nSPS) is 12.3. The molecule has 4 heteroatoms. The number of amides is 1. The first kappa shape index (κ1) is 14.8. The van der Waals surface area contributed by atoms with Gasteiger partial charge in [-0.25, -0.2) is 0 Å². The number of carbonyl (C=O) groups excluding carboxylic acids is 1. The second kappa shape index (κ2) is 8.75. The number of hydrogen-bond acceptors (Lipinski definition) is 3. The van der Waals surface area contributed by atoms with Crippen LogP contribution in [0.2, 0.25) is 0 Å². The van der Waals surface area contributed by atoms with Gasteiger partial charge in [-0.2, -0.15) is 0 Å². The van der Waals surface area contributed by atoms with E-state index in [0.717, 1.165) is 31.7 Å². The van der Waals surface area contributed by atoms with E-state index in [0.29, 0.717) is 0 Å². The van der Waals surface area contributed by atoms with Crippen LogP contribution in [0.4, 0.5) is 0 Å². The van der Waals surface area contributed by atoms with Gasteiger partial charge in [0.15, 0.2) is 0 Å². The topological polar surface area (TPSA) is 54.3 Å². The Bertz CT molecular complexity index is 323. The molecule has 0 aliphatic carbocycles. The molecule has 1 atom stereocenters. The second-order valence-electron chi connectivity index (χ2n) is 4.50. The number of nitrogens with one attached hydrogen (secondary N) is 2. The van der Waals surface area contributed by atoms with Crippen LogP contribution in [0.1, 0.15) is 38.9 Å². The van der Waals surface area contributed by atoms with Crippen molar-refractivity contribution in [2.75, 3.05) is 13.1 Å². The van der Waals surface area contributed by atoms with E-state index in [2.05, 4.69) is 17.6 Å². The summed E-state index contributed by atoms with van der Waals surface area (Å²) in [5, 5.41) is 6.13. The zero-order chi connectivity index (χ0) is 13.2. The molecule has 1 unspecified atom stereocenters. The van der Waals surface area contributed by atoms with Gasteiger partial charge >= 0.3 is 0 Å². The second-order valence-corrected chi connectivity index (χ2v) is 4.50. The van der Waals surface area contributed by atoms with Crippen molar-refractivity contribution in [3.63, 3.8) is 0 Å². The van der Waals surface area contributed by atoms with Crippen molar-refractivity contribution in [2.45, 2.75) is 45.6 Å². The molecule has 1 amide bonds. The van der Waals surface area contributed by atoms with Crippen LogP contribution in [0.5, 0.6) is 0 Å². The van der Waals surface area contributed by atoms with Crippen LogP contribution in [0, 0.1) is 0 Å². The molecule has 1 heterocycles. The molecule has 0 saturated heterocycles. The fourth-order valence-electron chi connectivity index (χ4n) is 1.70.